The van der Waals surface area contributed by atoms with Crippen molar-refractivity contribution in [3.8, 4) is 11.3 Å². The number of thiocarbonyl (C=S) groups is 1. The SMILES string of the molecule is CC(C)c1ccc(N2C(=S)N[C@@H](c3ccccn3)[C@@H]2c2ccc(-c3ccc(F)cc3)o2)cc1. The average Bonchev–Trinajstić information content (AvgIpc) is 3.45. The van der Waals surface area contributed by atoms with Crippen molar-refractivity contribution in [2.24, 2.45) is 0 Å². The van der Waals surface area contributed by atoms with Gasteiger partial charge in [0.05, 0.1) is 11.7 Å². The molecule has 1 N–H and O–H groups in total. The topological polar surface area (TPSA) is 41.3 Å². The fourth-order valence-electron chi connectivity index (χ4n) is 4.22. The van der Waals surface area contributed by atoms with Gasteiger partial charge in [0, 0.05) is 17.4 Å². The fraction of sp³-hybridized carbons (Fsp3) is 0.185. The van der Waals surface area contributed by atoms with Crippen molar-refractivity contribution in [2.75, 3.05) is 4.90 Å². The minimum Gasteiger partial charge on any atom is -0.459 e. The van der Waals surface area contributed by atoms with E-state index < -0.39 is 0 Å². The van der Waals surface area contributed by atoms with Gasteiger partial charge in [-0.2, -0.15) is 0 Å². The van der Waals surface area contributed by atoms with Gasteiger partial charge in [-0.1, -0.05) is 32.0 Å². The van der Waals surface area contributed by atoms with Crippen LogP contribution in [0.4, 0.5) is 10.1 Å². The molecule has 0 saturated carbocycles. The molecule has 0 radical (unpaired) electrons. The molecule has 0 amide bonds. The Labute approximate surface area is 198 Å². The highest BCUT2D eigenvalue weighted by Crippen LogP contribution is 2.43. The molecule has 166 valence electrons. The first kappa shape index (κ1) is 21.3. The predicted octanol–water partition coefficient (Wildman–Crippen LogP) is 6.78. The molecule has 2 aromatic carbocycles. The summed E-state index contributed by atoms with van der Waals surface area (Å²) in [5.74, 6) is 1.60. The van der Waals surface area contributed by atoms with Crippen LogP contribution in [0.2, 0.25) is 0 Å². The molecule has 5 rings (SSSR count). The zero-order chi connectivity index (χ0) is 22.9. The van der Waals surface area contributed by atoms with Crippen LogP contribution in [-0.2, 0) is 0 Å². The van der Waals surface area contributed by atoms with E-state index in [1.54, 1.807) is 18.3 Å². The summed E-state index contributed by atoms with van der Waals surface area (Å²) in [5.41, 5.74) is 3.95. The molecule has 1 saturated heterocycles. The monoisotopic (exact) mass is 457 g/mol. The lowest BCUT2D eigenvalue weighted by atomic mass is 10.0. The van der Waals surface area contributed by atoms with Gasteiger partial charge in [-0.05, 0) is 84.4 Å². The van der Waals surface area contributed by atoms with E-state index in [2.05, 4.69) is 53.3 Å². The molecule has 0 unspecified atom stereocenters. The van der Waals surface area contributed by atoms with E-state index in [-0.39, 0.29) is 17.9 Å². The number of benzene rings is 2. The Hall–Kier alpha value is -3.51. The first-order valence-electron chi connectivity index (χ1n) is 11.0. The second kappa shape index (κ2) is 8.79. The van der Waals surface area contributed by atoms with Crippen molar-refractivity contribution in [2.45, 2.75) is 31.8 Å². The molecule has 0 spiro atoms. The molecule has 2 atom stereocenters. The maximum absolute atomic E-state index is 13.4. The smallest absolute Gasteiger partial charge is 0.174 e. The van der Waals surface area contributed by atoms with E-state index in [1.807, 2.05) is 30.3 Å². The van der Waals surface area contributed by atoms with Gasteiger partial charge in [0.1, 0.15) is 23.4 Å². The summed E-state index contributed by atoms with van der Waals surface area (Å²) in [4.78, 5) is 6.67. The molecule has 1 fully saturated rings. The number of nitrogens with one attached hydrogen (secondary N) is 1. The van der Waals surface area contributed by atoms with Crippen molar-refractivity contribution in [1.82, 2.24) is 10.3 Å². The number of anilines is 1. The predicted molar refractivity (Wildman–Crippen MR) is 133 cm³/mol. The molecule has 1 aliphatic rings. The maximum Gasteiger partial charge on any atom is 0.174 e. The molecular formula is C27H24FN3OS. The Morgan fingerprint density at radius 3 is 2.39 bits per heavy atom. The Balaban J connectivity index is 1.57. The third-order valence-corrected chi connectivity index (χ3v) is 6.30. The van der Waals surface area contributed by atoms with E-state index in [0.717, 1.165) is 22.7 Å². The standard InChI is InChI=1S/C27H24FN3OS/c1-17(2)18-8-12-21(13-9-18)31-26(25(30-27(31)33)22-5-3-4-16-29-22)24-15-14-23(32-24)19-6-10-20(28)11-7-19/h3-17,25-26H,1-2H3,(H,30,33)/t25-,26-/m0/s1. The van der Waals surface area contributed by atoms with Gasteiger partial charge in [-0.25, -0.2) is 4.39 Å². The van der Waals surface area contributed by atoms with Crippen LogP contribution < -0.4 is 10.2 Å². The van der Waals surface area contributed by atoms with Crippen LogP contribution in [0.1, 0.15) is 48.9 Å². The molecule has 33 heavy (non-hydrogen) atoms. The van der Waals surface area contributed by atoms with E-state index in [1.165, 1.54) is 17.7 Å². The molecule has 4 aromatic rings. The molecule has 4 nitrogen and oxygen atoms in total. The number of halogens is 1. The second-order valence-electron chi connectivity index (χ2n) is 8.45. The number of pyridine rings is 1. The minimum atomic E-state index is -0.276. The van der Waals surface area contributed by atoms with Crippen molar-refractivity contribution >= 4 is 23.0 Å². The van der Waals surface area contributed by atoms with Crippen LogP contribution in [0.25, 0.3) is 11.3 Å². The lowest BCUT2D eigenvalue weighted by Gasteiger charge is -2.26. The second-order valence-corrected chi connectivity index (χ2v) is 8.84. The highest BCUT2D eigenvalue weighted by atomic mass is 32.1. The summed E-state index contributed by atoms with van der Waals surface area (Å²) in [6, 6.07) is 24.1. The van der Waals surface area contributed by atoms with E-state index in [4.69, 9.17) is 16.6 Å². The van der Waals surface area contributed by atoms with Gasteiger partial charge in [0.15, 0.2) is 5.11 Å². The van der Waals surface area contributed by atoms with Gasteiger partial charge < -0.3 is 14.6 Å². The van der Waals surface area contributed by atoms with Crippen molar-refractivity contribution in [1.29, 1.82) is 0 Å². The molecular weight excluding hydrogens is 433 g/mol. The van der Waals surface area contributed by atoms with E-state index in [0.29, 0.717) is 16.8 Å². The molecule has 1 aliphatic heterocycles. The van der Waals surface area contributed by atoms with Crippen molar-refractivity contribution < 1.29 is 8.81 Å². The van der Waals surface area contributed by atoms with Gasteiger partial charge in [-0.15, -0.1) is 0 Å². The molecule has 3 heterocycles. The van der Waals surface area contributed by atoms with Crippen molar-refractivity contribution in [3.63, 3.8) is 0 Å². The minimum absolute atomic E-state index is 0.185. The normalized spacial score (nSPS) is 18.1. The first-order valence-corrected chi connectivity index (χ1v) is 11.4. The number of hydrogen-bond acceptors (Lipinski definition) is 3. The quantitative estimate of drug-likeness (QED) is 0.335. The number of nitrogens with zero attached hydrogens (tertiary/aromatic N) is 2. The summed E-state index contributed by atoms with van der Waals surface area (Å²) in [5, 5.41) is 4.06. The third kappa shape index (κ3) is 4.14. The molecule has 6 heteroatoms. The average molecular weight is 458 g/mol. The van der Waals surface area contributed by atoms with Crippen LogP contribution in [0, 0.1) is 5.82 Å². The van der Waals surface area contributed by atoms with Gasteiger partial charge >= 0.3 is 0 Å². The van der Waals surface area contributed by atoms with Crippen LogP contribution in [0.5, 0.6) is 0 Å². The summed E-state index contributed by atoms with van der Waals surface area (Å²) in [7, 11) is 0. The Morgan fingerprint density at radius 1 is 0.970 bits per heavy atom. The van der Waals surface area contributed by atoms with Crippen LogP contribution in [-0.4, -0.2) is 10.1 Å². The van der Waals surface area contributed by atoms with Gasteiger partial charge in [0.2, 0.25) is 0 Å². The highest BCUT2D eigenvalue weighted by molar-refractivity contribution is 7.80. The summed E-state index contributed by atoms with van der Waals surface area (Å²) >= 11 is 5.78. The number of aromatic nitrogens is 1. The highest BCUT2D eigenvalue weighted by Gasteiger charge is 2.42. The lowest BCUT2D eigenvalue weighted by Crippen LogP contribution is -2.29. The number of rotatable bonds is 5. The molecule has 0 bridgehead atoms. The Morgan fingerprint density at radius 2 is 1.73 bits per heavy atom. The van der Waals surface area contributed by atoms with Gasteiger partial charge in [0.25, 0.3) is 0 Å². The lowest BCUT2D eigenvalue weighted by molar-refractivity contribution is 0.439. The van der Waals surface area contributed by atoms with Crippen LogP contribution in [0.15, 0.2) is 89.5 Å². The summed E-state index contributed by atoms with van der Waals surface area (Å²) < 4.78 is 19.7. The van der Waals surface area contributed by atoms with Gasteiger partial charge in [-0.3, -0.25) is 4.98 Å². The summed E-state index contributed by atoms with van der Waals surface area (Å²) in [6.45, 7) is 4.35. The van der Waals surface area contributed by atoms with E-state index >= 15 is 0 Å². The molecule has 2 aromatic heterocycles. The van der Waals surface area contributed by atoms with Crippen molar-refractivity contribution in [3.05, 3.63) is 108 Å². The Bertz CT molecular complexity index is 1250. The van der Waals surface area contributed by atoms with E-state index in [9.17, 15) is 4.39 Å². The van der Waals surface area contributed by atoms with Crippen LogP contribution >= 0.6 is 12.2 Å². The number of hydrogen-bond donors (Lipinski definition) is 1. The first-order chi connectivity index (χ1) is 16.0. The number of furan rings is 1. The zero-order valence-electron chi connectivity index (χ0n) is 18.4. The Kier molecular flexibility index (Phi) is 5.68. The molecule has 0 aliphatic carbocycles. The summed E-state index contributed by atoms with van der Waals surface area (Å²) in [6.07, 6.45) is 1.78. The zero-order valence-corrected chi connectivity index (χ0v) is 19.2. The maximum atomic E-state index is 13.4. The largest absolute Gasteiger partial charge is 0.459 e. The fourth-order valence-corrected chi connectivity index (χ4v) is 4.57. The van der Waals surface area contributed by atoms with Crippen LogP contribution in [0.3, 0.4) is 0 Å². The third-order valence-electron chi connectivity index (χ3n) is 5.98.